The summed E-state index contributed by atoms with van der Waals surface area (Å²) in [6.07, 6.45) is 0. The van der Waals surface area contributed by atoms with Gasteiger partial charge in [0.1, 0.15) is 11.4 Å². The molecule has 556 valence electrons. The summed E-state index contributed by atoms with van der Waals surface area (Å²) in [4.78, 5) is 20.7. The molecule has 8 nitrogen and oxygen atoms in total. The Hall–Kier alpha value is -12.4. The van der Waals surface area contributed by atoms with Gasteiger partial charge in [-0.3, -0.25) is 9.80 Å². The fourth-order valence-electron chi connectivity index (χ4n) is 21.2. The van der Waals surface area contributed by atoms with E-state index < -0.39 is 0 Å². The molecule has 0 aliphatic carbocycles. The minimum atomic E-state index is 0.126. The molecule has 0 N–H and O–H groups in total. The van der Waals surface area contributed by atoms with E-state index in [1.807, 2.05) is 83.4 Å². The first-order chi connectivity index (χ1) is 58.0. The van der Waals surface area contributed by atoms with Crippen molar-refractivity contribution < 1.29 is 18.9 Å². The van der Waals surface area contributed by atoms with Crippen LogP contribution < -0.4 is 104 Å². The van der Waals surface area contributed by atoms with Crippen LogP contribution in [0.2, 0.25) is 0 Å². The first-order valence-corrected chi connectivity index (χ1v) is 43.7. The molecule has 16 aromatic rings. The Balaban J connectivity index is 0.0000000877. The molecule has 0 saturated heterocycles. The third-order valence-corrected chi connectivity index (χ3v) is 29.7. The van der Waals surface area contributed by atoms with Crippen LogP contribution in [0.4, 0.5) is 68.2 Å². The zero-order chi connectivity index (χ0) is 78.2. The van der Waals surface area contributed by atoms with E-state index in [1.165, 1.54) is 172 Å². The van der Waals surface area contributed by atoms with Crippen LogP contribution in [0, 0.1) is 41.5 Å². The molecule has 0 atom stereocenters. The lowest BCUT2D eigenvalue weighted by Crippen LogP contribution is -2.59. The van der Waals surface area contributed by atoms with Crippen LogP contribution in [0.3, 0.4) is 0 Å². The van der Waals surface area contributed by atoms with Crippen LogP contribution in [0.15, 0.2) is 342 Å². The Bertz CT molecular complexity index is 6380. The number of hydrogen-bond acceptors (Lipinski definition) is 12. The molecule has 0 radical (unpaired) electrons. The molecule has 0 aromatic heterocycles. The number of nitrogens with zero attached hydrogens (tertiary/aromatic N) is 4. The van der Waals surface area contributed by atoms with Crippen LogP contribution in [0.1, 0.15) is 33.4 Å². The topological polar surface area (TPSA) is 49.9 Å². The van der Waals surface area contributed by atoms with Gasteiger partial charge in [0.05, 0.1) is 56.9 Å². The summed E-state index contributed by atoms with van der Waals surface area (Å²) in [5.74, 6) is 6.93. The van der Waals surface area contributed by atoms with E-state index in [9.17, 15) is 0 Å². The highest BCUT2D eigenvalue weighted by Gasteiger charge is 2.50. The summed E-state index contributed by atoms with van der Waals surface area (Å²) in [5, 5.41) is 0. The highest BCUT2D eigenvalue weighted by atomic mass is 32.2. The van der Waals surface area contributed by atoms with Gasteiger partial charge in [0.15, 0.2) is 46.0 Å². The van der Waals surface area contributed by atoms with Crippen molar-refractivity contribution in [1.29, 1.82) is 0 Å². The minimum absolute atomic E-state index is 0.126. The van der Waals surface area contributed by atoms with Crippen molar-refractivity contribution in [2.24, 2.45) is 0 Å². The van der Waals surface area contributed by atoms with Crippen LogP contribution in [-0.4, -0.2) is 26.9 Å². The second-order valence-corrected chi connectivity index (χ2v) is 36.6. The van der Waals surface area contributed by atoms with E-state index in [1.54, 1.807) is 0 Å². The SMILES string of the molecule is Cc1cc(C)c(B2c3cccc4c3N3c5c(cccc5Oc5cccc2c53)O4)c(C)c1.Cc1cc(C)c(B2c3cccc4c3N3c5c(cccc5Sc5cccc2c53)S4)c(C)c1.c1ccc(B2c3cccc4c3N3c5c(cccc5Oc5cccc2c53)O4)cc1.c1ccc(B2c3cccc4c3N3c5c(cccc5Sc5cccc2c53)S4)cc1. The van der Waals surface area contributed by atoms with Gasteiger partial charge in [0.2, 0.25) is 26.9 Å². The molecule has 16 aromatic carbocycles. The van der Waals surface area contributed by atoms with Gasteiger partial charge < -0.3 is 28.7 Å². The van der Waals surface area contributed by atoms with Gasteiger partial charge in [-0.05, 0) is 182 Å². The Labute approximate surface area is 704 Å². The number of anilines is 12. The van der Waals surface area contributed by atoms with Crippen LogP contribution in [-0.2, 0) is 0 Å². The second-order valence-electron chi connectivity index (χ2n) is 32.3. The molecule has 0 saturated carbocycles. The highest BCUT2D eigenvalue weighted by molar-refractivity contribution is 8.01. The van der Waals surface area contributed by atoms with Crippen molar-refractivity contribution in [1.82, 2.24) is 0 Å². The molecular weight excluding hydrogens is 1520 g/mol. The van der Waals surface area contributed by atoms with Gasteiger partial charge in [-0.2, -0.15) is 0 Å². The van der Waals surface area contributed by atoms with E-state index in [2.05, 4.69) is 328 Å². The number of aryl methyl sites for hydroxylation is 6. The maximum atomic E-state index is 6.39. The number of para-hydroxylation sites is 12. The van der Waals surface area contributed by atoms with Gasteiger partial charge in [-0.15, -0.1) is 0 Å². The normalized spacial score (nSPS) is 14.4. The average molecular weight is 1590 g/mol. The number of ether oxygens (including phenoxy) is 4. The summed E-state index contributed by atoms with van der Waals surface area (Å²) < 4.78 is 25.4. The summed E-state index contributed by atoms with van der Waals surface area (Å²) in [7, 11) is 0. The lowest BCUT2D eigenvalue weighted by atomic mass is 9.33. The molecule has 12 aliphatic rings. The molecule has 0 spiro atoms. The minimum Gasteiger partial charge on any atom is -0.453 e. The first kappa shape index (κ1) is 68.8. The van der Waals surface area contributed by atoms with E-state index in [-0.39, 0.29) is 26.9 Å². The molecule has 28 rings (SSSR count). The maximum absolute atomic E-state index is 6.39. The lowest BCUT2D eigenvalue weighted by molar-refractivity contribution is 0.446. The van der Waals surface area contributed by atoms with Crippen LogP contribution in [0.5, 0.6) is 46.0 Å². The van der Waals surface area contributed by atoms with Crippen molar-refractivity contribution in [3.05, 3.63) is 337 Å². The lowest BCUT2D eigenvalue weighted by Gasteiger charge is -2.45. The Morgan fingerprint density at radius 1 is 0.195 bits per heavy atom. The van der Waals surface area contributed by atoms with E-state index in [0.717, 1.165) is 80.1 Å². The largest absolute Gasteiger partial charge is 0.453 e. The highest BCUT2D eigenvalue weighted by Crippen LogP contribution is 2.65. The fraction of sp³-hybridized carbons (Fsp3) is 0.0588. The number of hydrogen-bond donors (Lipinski definition) is 0. The monoisotopic (exact) mass is 1580 g/mol. The molecule has 0 unspecified atom stereocenters. The van der Waals surface area contributed by atoms with Crippen molar-refractivity contribution in [3.63, 3.8) is 0 Å². The molecule has 0 fully saturated rings. The Kier molecular flexibility index (Phi) is 15.2. The Morgan fingerprint density at radius 3 is 0.678 bits per heavy atom. The molecule has 0 amide bonds. The molecule has 0 bridgehead atoms. The second kappa shape index (κ2) is 26.0. The molecular formula is C102H68B4N4O4S4. The van der Waals surface area contributed by atoms with Gasteiger partial charge in [-0.25, -0.2) is 0 Å². The summed E-state index contributed by atoms with van der Waals surface area (Å²) in [6.45, 7) is 14.2. The van der Waals surface area contributed by atoms with Crippen LogP contribution in [0.25, 0.3) is 0 Å². The van der Waals surface area contributed by atoms with Gasteiger partial charge in [0, 0.05) is 39.2 Å². The number of benzene rings is 16. The quantitative estimate of drug-likeness (QED) is 0.158. The van der Waals surface area contributed by atoms with Crippen molar-refractivity contribution in [2.45, 2.75) is 80.7 Å². The zero-order valence-electron chi connectivity index (χ0n) is 65.2. The molecule has 118 heavy (non-hydrogen) atoms. The molecule has 16 heteroatoms. The van der Waals surface area contributed by atoms with E-state index >= 15 is 0 Å². The Morgan fingerprint density at radius 2 is 0.398 bits per heavy atom. The van der Waals surface area contributed by atoms with Gasteiger partial charge >= 0.3 is 0 Å². The summed E-state index contributed by atoms with van der Waals surface area (Å²) in [6, 6.07) is 109. The van der Waals surface area contributed by atoms with Crippen LogP contribution >= 0.6 is 47.0 Å². The van der Waals surface area contributed by atoms with Crippen molar-refractivity contribution in [2.75, 3.05) is 19.6 Å². The van der Waals surface area contributed by atoms with Gasteiger partial charge in [0.25, 0.3) is 0 Å². The number of rotatable bonds is 4. The zero-order valence-corrected chi connectivity index (χ0v) is 68.5. The molecule has 12 heterocycles. The molecule has 12 aliphatic heterocycles. The predicted molar refractivity (Wildman–Crippen MR) is 494 cm³/mol. The van der Waals surface area contributed by atoms with Crippen molar-refractivity contribution >= 4 is 208 Å². The van der Waals surface area contributed by atoms with E-state index in [4.69, 9.17) is 18.9 Å². The predicted octanol–water partition coefficient (Wildman–Crippen LogP) is 20.1. The van der Waals surface area contributed by atoms with Gasteiger partial charge in [-0.1, -0.05) is 309 Å². The third kappa shape index (κ3) is 9.91. The average Bonchev–Trinajstić information content (AvgIpc) is 0.657. The first-order valence-electron chi connectivity index (χ1n) is 40.5. The standard InChI is InChI=1S/C27H20BNO2.C27H20BNS2.C24H14BNO2.C24H14BNS2/c2*1-15-13-16(2)24(17(3)14-15)28-18-7-4-9-20-25(18)29-26-19(28)8-5-10-21(26)31-23-12-6-11-22(30-20)27(23)29;2*1-2-7-15(8-3-1)25-16-9-4-11-18-22(16)26-23-17(25)10-5-12-19(23)28-21-14-6-13-20(27-18)24(21)26/h2*4-14H,1-3H3;2*1-14H. The summed E-state index contributed by atoms with van der Waals surface area (Å²) >= 11 is 7.66. The summed E-state index contributed by atoms with van der Waals surface area (Å²) in [5.41, 5.74) is 39.0. The van der Waals surface area contributed by atoms with E-state index in [0.29, 0.717) is 0 Å². The third-order valence-electron chi connectivity index (χ3n) is 25.3. The smallest absolute Gasteiger partial charge is 0.247 e. The fourth-order valence-corrected chi connectivity index (χ4v) is 25.8. The maximum Gasteiger partial charge on any atom is 0.247 e. The van der Waals surface area contributed by atoms with Crippen molar-refractivity contribution in [3.8, 4) is 46.0 Å².